The Morgan fingerprint density at radius 1 is 1.50 bits per heavy atom. The smallest absolute Gasteiger partial charge is 0.239 e. The third kappa shape index (κ3) is 1.90. The van der Waals surface area contributed by atoms with Crippen molar-refractivity contribution in [2.75, 3.05) is 20.6 Å². The first-order valence-electron chi connectivity index (χ1n) is 3.90. The molecular weight excluding hydrogens is 176 g/mol. The SMILES string of the molecule is CN(C)C(=O)C1NCC1(C)C.Cl. The van der Waals surface area contributed by atoms with Gasteiger partial charge in [-0.1, -0.05) is 13.8 Å². The summed E-state index contributed by atoms with van der Waals surface area (Å²) in [6.07, 6.45) is 0. The van der Waals surface area contributed by atoms with Gasteiger partial charge in [0.05, 0.1) is 6.04 Å². The van der Waals surface area contributed by atoms with Crippen molar-refractivity contribution in [1.82, 2.24) is 10.2 Å². The Hall–Kier alpha value is -0.280. The zero-order valence-corrected chi connectivity index (χ0v) is 8.86. The molecule has 0 aromatic heterocycles. The van der Waals surface area contributed by atoms with Gasteiger partial charge in [0.2, 0.25) is 5.91 Å². The highest BCUT2D eigenvalue weighted by molar-refractivity contribution is 5.85. The van der Waals surface area contributed by atoms with Crippen molar-refractivity contribution in [2.45, 2.75) is 19.9 Å². The summed E-state index contributed by atoms with van der Waals surface area (Å²) in [6, 6.07) is 0.0255. The predicted molar refractivity (Wildman–Crippen MR) is 51.5 cm³/mol. The molecule has 0 aromatic carbocycles. The molecule has 1 heterocycles. The lowest BCUT2D eigenvalue weighted by atomic mass is 9.76. The summed E-state index contributed by atoms with van der Waals surface area (Å²) in [6.45, 7) is 5.16. The van der Waals surface area contributed by atoms with E-state index in [1.807, 2.05) is 0 Å². The second-order valence-electron chi connectivity index (χ2n) is 4.04. The maximum atomic E-state index is 11.4. The van der Waals surface area contributed by atoms with Crippen LogP contribution in [0.2, 0.25) is 0 Å². The monoisotopic (exact) mass is 192 g/mol. The minimum Gasteiger partial charge on any atom is -0.347 e. The second kappa shape index (κ2) is 3.62. The number of rotatable bonds is 1. The third-order valence-electron chi connectivity index (χ3n) is 2.23. The zero-order valence-electron chi connectivity index (χ0n) is 8.05. The first-order valence-corrected chi connectivity index (χ1v) is 3.90. The molecule has 12 heavy (non-hydrogen) atoms. The molecule has 1 fully saturated rings. The quantitative estimate of drug-likeness (QED) is 0.656. The van der Waals surface area contributed by atoms with Crippen molar-refractivity contribution in [1.29, 1.82) is 0 Å². The lowest BCUT2D eigenvalue weighted by Crippen LogP contribution is -2.65. The molecule has 1 rings (SSSR count). The maximum Gasteiger partial charge on any atom is 0.239 e. The molecule has 1 N–H and O–H groups in total. The van der Waals surface area contributed by atoms with Crippen molar-refractivity contribution < 1.29 is 4.79 Å². The van der Waals surface area contributed by atoms with E-state index < -0.39 is 0 Å². The van der Waals surface area contributed by atoms with Crippen LogP contribution in [0.5, 0.6) is 0 Å². The minimum atomic E-state index is 0. The molecule has 1 atom stereocenters. The highest BCUT2D eigenvalue weighted by Crippen LogP contribution is 2.28. The van der Waals surface area contributed by atoms with Crippen LogP contribution in [0.15, 0.2) is 0 Å². The van der Waals surface area contributed by atoms with E-state index in [4.69, 9.17) is 0 Å². The van der Waals surface area contributed by atoms with Crippen LogP contribution in [0, 0.1) is 5.41 Å². The Bertz CT molecular complexity index is 180. The highest BCUT2D eigenvalue weighted by Gasteiger charge is 2.43. The van der Waals surface area contributed by atoms with Crippen LogP contribution in [0.3, 0.4) is 0 Å². The van der Waals surface area contributed by atoms with E-state index in [9.17, 15) is 4.79 Å². The Labute approximate surface area is 79.9 Å². The van der Waals surface area contributed by atoms with E-state index in [1.54, 1.807) is 19.0 Å². The molecule has 1 amide bonds. The van der Waals surface area contributed by atoms with E-state index in [2.05, 4.69) is 19.2 Å². The molecule has 0 saturated carbocycles. The Morgan fingerprint density at radius 2 is 2.00 bits per heavy atom. The van der Waals surface area contributed by atoms with Crippen LogP contribution in [-0.4, -0.2) is 37.5 Å². The van der Waals surface area contributed by atoms with Gasteiger partial charge < -0.3 is 10.2 Å². The van der Waals surface area contributed by atoms with Gasteiger partial charge in [-0.3, -0.25) is 4.79 Å². The number of hydrogen-bond donors (Lipinski definition) is 1. The molecule has 4 heteroatoms. The molecule has 1 aliphatic rings. The highest BCUT2D eigenvalue weighted by atomic mass is 35.5. The molecule has 0 spiro atoms. The summed E-state index contributed by atoms with van der Waals surface area (Å²) in [5.74, 6) is 0.182. The van der Waals surface area contributed by atoms with Crippen molar-refractivity contribution in [3.63, 3.8) is 0 Å². The Morgan fingerprint density at radius 3 is 2.08 bits per heavy atom. The van der Waals surface area contributed by atoms with Gasteiger partial charge in [0.25, 0.3) is 0 Å². The minimum absolute atomic E-state index is 0. The van der Waals surface area contributed by atoms with Crippen molar-refractivity contribution in [3.05, 3.63) is 0 Å². The number of nitrogens with zero attached hydrogens (tertiary/aromatic N) is 1. The van der Waals surface area contributed by atoms with Gasteiger partial charge in [-0.15, -0.1) is 12.4 Å². The topological polar surface area (TPSA) is 32.3 Å². The summed E-state index contributed by atoms with van der Waals surface area (Å²) >= 11 is 0. The van der Waals surface area contributed by atoms with Gasteiger partial charge in [-0.2, -0.15) is 0 Å². The molecule has 1 unspecified atom stereocenters. The predicted octanol–water partition coefficient (Wildman–Crippen LogP) is 0.494. The van der Waals surface area contributed by atoms with E-state index in [-0.39, 0.29) is 29.8 Å². The van der Waals surface area contributed by atoms with Gasteiger partial charge in [0.1, 0.15) is 0 Å². The first kappa shape index (κ1) is 11.7. The van der Waals surface area contributed by atoms with E-state index in [0.29, 0.717) is 0 Å². The van der Waals surface area contributed by atoms with Crippen molar-refractivity contribution in [3.8, 4) is 0 Å². The summed E-state index contributed by atoms with van der Waals surface area (Å²) in [7, 11) is 3.58. The molecule has 3 nitrogen and oxygen atoms in total. The number of nitrogens with one attached hydrogen (secondary N) is 1. The molecule has 1 aliphatic heterocycles. The lowest BCUT2D eigenvalue weighted by Gasteiger charge is -2.45. The Balaban J connectivity index is 0.00000121. The number of likely N-dealkylation sites (N-methyl/N-ethyl adjacent to an activating group) is 1. The molecule has 0 aliphatic carbocycles. The molecule has 0 aromatic rings. The first-order chi connectivity index (χ1) is 4.95. The van der Waals surface area contributed by atoms with Gasteiger partial charge in [-0.25, -0.2) is 0 Å². The van der Waals surface area contributed by atoms with Gasteiger partial charge in [0.15, 0.2) is 0 Å². The summed E-state index contributed by atoms with van der Waals surface area (Å²) in [4.78, 5) is 13.0. The van der Waals surface area contributed by atoms with Crippen LogP contribution >= 0.6 is 12.4 Å². The van der Waals surface area contributed by atoms with E-state index in [0.717, 1.165) is 6.54 Å². The van der Waals surface area contributed by atoms with Gasteiger partial charge in [-0.05, 0) is 0 Å². The van der Waals surface area contributed by atoms with Gasteiger partial charge in [0, 0.05) is 26.1 Å². The normalized spacial score (nSPS) is 25.2. The Kier molecular flexibility index (Phi) is 3.54. The molecule has 1 saturated heterocycles. The number of amides is 1. The van der Waals surface area contributed by atoms with Crippen LogP contribution in [-0.2, 0) is 4.79 Å². The van der Waals surface area contributed by atoms with E-state index >= 15 is 0 Å². The van der Waals surface area contributed by atoms with Gasteiger partial charge >= 0.3 is 0 Å². The summed E-state index contributed by atoms with van der Waals surface area (Å²) in [5, 5.41) is 3.13. The van der Waals surface area contributed by atoms with Crippen LogP contribution in [0.4, 0.5) is 0 Å². The van der Waals surface area contributed by atoms with Crippen LogP contribution < -0.4 is 5.32 Å². The van der Waals surface area contributed by atoms with E-state index in [1.165, 1.54) is 0 Å². The fraction of sp³-hybridized carbons (Fsp3) is 0.875. The number of halogens is 1. The maximum absolute atomic E-state index is 11.4. The zero-order chi connectivity index (χ0) is 8.65. The molecule has 72 valence electrons. The number of carbonyl (C=O) groups is 1. The standard InChI is InChI=1S/C8H16N2O.ClH/c1-8(2)5-9-6(8)7(11)10(3)4;/h6,9H,5H2,1-4H3;1H. The van der Waals surface area contributed by atoms with Crippen molar-refractivity contribution >= 4 is 18.3 Å². The molecule has 0 radical (unpaired) electrons. The second-order valence-corrected chi connectivity index (χ2v) is 4.04. The fourth-order valence-electron chi connectivity index (χ4n) is 1.29. The largest absolute Gasteiger partial charge is 0.347 e. The molecule has 0 bridgehead atoms. The summed E-state index contributed by atoms with van der Waals surface area (Å²) in [5.41, 5.74) is 0.140. The number of hydrogen-bond acceptors (Lipinski definition) is 2. The fourth-order valence-corrected chi connectivity index (χ4v) is 1.29. The molecular formula is C8H17ClN2O. The summed E-state index contributed by atoms with van der Waals surface area (Å²) < 4.78 is 0. The lowest BCUT2D eigenvalue weighted by molar-refractivity contribution is -0.137. The van der Waals surface area contributed by atoms with Crippen molar-refractivity contribution in [2.24, 2.45) is 5.41 Å². The van der Waals surface area contributed by atoms with Crippen LogP contribution in [0.25, 0.3) is 0 Å². The van der Waals surface area contributed by atoms with Crippen LogP contribution in [0.1, 0.15) is 13.8 Å². The third-order valence-corrected chi connectivity index (χ3v) is 2.23. The average Bonchev–Trinajstić information content (AvgIpc) is 1.85. The number of carbonyl (C=O) groups excluding carboxylic acids is 1. The average molecular weight is 193 g/mol.